The van der Waals surface area contributed by atoms with Gasteiger partial charge in [-0.1, -0.05) is 42.5 Å². The third-order valence-corrected chi connectivity index (χ3v) is 4.91. The third kappa shape index (κ3) is 5.11. The minimum atomic E-state index is -0.0533. The van der Waals surface area contributed by atoms with E-state index >= 15 is 0 Å². The van der Waals surface area contributed by atoms with Gasteiger partial charge in [0, 0.05) is 23.6 Å². The lowest BCUT2D eigenvalue weighted by Crippen LogP contribution is -1.98. The molecule has 0 radical (unpaired) electrons. The maximum absolute atomic E-state index is 12.5. The molecular weight excluding hydrogens is 386 g/mol. The minimum absolute atomic E-state index is 0.0533. The number of carbonyl (C=O) groups excluding carboxylic acids is 1. The van der Waals surface area contributed by atoms with Gasteiger partial charge in [-0.2, -0.15) is 0 Å². The first kappa shape index (κ1) is 20.2. The van der Waals surface area contributed by atoms with Gasteiger partial charge in [-0.05, 0) is 65.7 Å². The van der Waals surface area contributed by atoms with Crippen LogP contribution in [0.5, 0.6) is 11.5 Å². The first-order valence-corrected chi connectivity index (χ1v) is 10.0. The smallest absolute Gasteiger partial charge is 0.185 e. The van der Waals surface area contributed by atoms with E-state index in [1.807, 2.05) is 102 Å². The van der Waals surface area contributed by atoms with Gasteiger partial charge in [-0.3, -0.25) is 4.79 Å². The molecule has 154 valence electrons. The molecule has 0 fully saturated rings. The van der Waals surface area contributed by atoms with Crippen LogP contribution in [0.4, 0.5) is 0 Å². The average Bonchev–Trinajstić information content (AvgIpc) is 3.37. The summed E-state index contributed by atoms with van der Waals surface area (Å²) in [5, 5.41) is 0. The standard InChI is InChI=1S/C27H23NO3/c1-30-27-19-21(10-16-26(27)31-20-22-7-3-2-4-8-22)9-15-25(29)23-11-13-24(14-12-23)28-17-5-6-18-28/h2-19H,20H2,1H3/b15-9+. The van der Waals surface area contributed by atoms with E-state index in [0.29, 0.717) is 23.7 Å². The summed E-state index contributed by atoms with van der Waals surface area (Å²) in [6.07, 6.45) is 7.30. The third-order valence-electron chi connectivity index (χ3n) is 4.91. The molecular formula is C27H23NO3. The van der Waals surface area contributed by atoms with Gasteiger partial charge in [-0.15, -0.1) is 0 Å². The van der Waals surface area contributed by atoms with Crippen molar-refractivity contribution in [3.05, 3.63) is 120 Å². The summed E-state index contributed by atoms with van der Waals surface area (Å²) in [5.41, 5.74) is 3.60. The van der Waals surface area contributed by atoms with Crippen LogP contribution in [0.15, 0.2) is 103 Å². The highest BCUT2D eigenvalue weighted by Gasteiger charge is 2.07. The lowest BCUT2D eigenvalue weighted by atomic mass is 10.1. The second-order valence-electron chi connectivity index (χ2n) is 7.02. The molecule has 4 heteroatoms. The van der Waals surface area contributed by atoms with Crippen LogP contribution >= 0.6 is 0 Å². The topological polar surface area (TPSA) is 40.5 Å². The second kappa shape index (κ2) is 9.63. The van der Waals surface area contributed by atoms with E-state index in [4.69, 9.17) is 9.47 Å². The van der Waals surface area contributed by atoms with Gasteiger partial charge in [0.15, 0.2) is 17.3 Å². The molecule has 4 aromatic rings. The van der Waals surface area contributed by atoms with Crippen molar-refractivity contribution in [2.75, 3.05) is 7.11 Å². The Labute approximate surface area is 182 Å². The number of hydrogen-bond acceptors (Lipinski definition) is 3. The van der Waals surface area contributed by atoms with Crippen LogP contribution in [0.25, 0.3) is 11.8 Å². The van der Waals surface area contributed by atoms with Crippen LogP contribution in [0.3, 0.4) is 0 Å². The molecule has 1 heterocycles. The molecule has 4 nitrogen and oxygen atoms in total. The number of allylic oxidation sites excluding steroid dienone is 1. The Balaban J connectivity index is 1.42. The van der Waals surface area contributed by atoms with Crippen molar-refractivity contribution in [2.24, 2.45) is 0 Å². The van der Waals surface area contributed by atoms with Crippen LogP contribution in [-0.4, -0.2) is 17.5 Å². The summed E-state index contributed by atoms with van der Waals surface area (Å²) in [5.74, 6) is 1.24. The predicted molar refractivity (Wildman–Crippen MR) is 123 cm³/mol. The summed E-state index contributed by atoms with van der Waals surface area (Å²) in [7, 11) is 1.61. The van der Waals surface area contributed by atoms with Gasteiger partial charge in [-0.25, -0.2) is 0 Å². The molecule has 0 aliphatic heterocycles. The van der Waals surface area contributed by atoms with Crippen molar-refractivity contribution in [3.63, 3.8) is 0 Å². The van der Waals surface area contributed by atoms with Crippen LogP contribution in [0.2, 0.25) is 0 Å². The van der Waals surface area contributed by atoms with Gasteiger partial charge in [0.05, 0.1) is 7.11 Å². The summed E-state index contributed by atoms with van der Waals surface area (Å²) in [6.45, 7) is 0.462. The molecule has 0 aliphatic rings. The van der Waals surface area contributed by atoms with Gasteiger partial charge < -0.3 is 14.0 Å². The van der Waals surface area contributed by atoms with Crippen LogP contribution in [0.1, 0.15) is 21.5 Å². The zero-order chi connectivity index (χ0) is 21.5. The monoisotopic (exact) mass is 409 g/mol. The van der Waals surface area contributed by atoms with Gasteiger partial charge in [0.1, 0.15) is 6.61 Å². The summed E-state index contributed by atoms with van der Waals surface area (Å²) in [6, 6.07) is 27.1. The van der Waals surface area contributed by atoms with Gasteiger partial charge in [0.25, 0.3) is 0 Å². The van der Waals surface area contributed by atoms with E-state index in [2.05, 4.69) is 0 Å². The molecule has 1 aromatic heterocycles. The van der Waals surface area contributed by atoms with E-state index in [0.717, 1.165) is 16.8 Å². The number of rotatable bonds is 8. The van der Waals surface area contributed by atoms with E-state index in [-0.39, 0.29) is 5.78 Å². The Morgan fingerprint density at radius 3 is 2.32 bits per heavy atom. The van der Waals surface area contributed by atoms with Crippen molar-refractivity contribution >= 4 is 11.9 Å². The zero-order valence-electron chi connectivity index (χ0n) is 17.3. The van der Waals surface area contributed by atoms with E-state index < -0.39 is 0 Å². The summed E-state index contributed by atoms with van der Waals surface area (Å²) < 4.78 is 13.4. The first-order valence-electron chi connectivity index (χ1n) is 10.0. The van der Waals surface area contributed by atoms with Crippen molar-refractivity contribution in [1.82, 2.24) is 4.57 Å². The van der Waals surface area contributed by atoms with E-state index in [1.54, 1.807) is 19.3 Å². The number of carbonyl (C=O) groups is 1. The zero-order valence-corrected chi connectivity index (χ0v) is 17.3. The molecule has 0 saturated heterocycles. The van der Waals surface area contributed by atoms with Crippen molar-refractivity contribution in [3.8, 4) is 17.2 Å². The number of methoxy groups -OCH3 is 1. The molecule has 0 unspecified atom stereocenters. The molecule has 3 aromatic carbocycles. The molecule has 0 spiro atoms. The van der Waals surface area contributed by atoms with E-state index in [1.165, 1.54) is 0 Å². The Morgan fingerprint density at radius 1 is 0.871 bits per heavy atom. The fraction of sp³-hybridized carbons (Fsp3) is 0.0741. The molecule has 0 N–H and O–H groups in total. The molecule has 0 bridgehead atoms. The average molecular weight is 409 g/mol. The van der Waals surface area contributed by atoms with Gasteiger partial charge in [0.2, 0.25) is 0 Å². The summed E-state index contributed by atoms with van der Waals surface area (Å²) >= 11 is 0. The predicted octanol–water partition coefficient (Wildman–Crippen LogP) is 5.96. The second-order valence-corrected chi connectivity index (χ2v) is 7.02. The number of hydrogen-bond donors (Lipinski definition) is 0. The fourth-order valence-corrected chi connectivity index (χ4v) is 3.22. The number of ketones is 1. The maximum Gasteiger partial charge on any atom is 0.185 e. The van der Waals surface area contributed by atoms with Crippen molar-refractivity contribution in [1.29, 1.82) is 0 Å². The van der Waals surface area contributed by atoms with Crippen LogP contribution in [-0.2, 0) is 6.61 Å². The van der Waals surface area contributed by atoms with E-state index in [9.17, 15) is 4.79 Å². The molecule has 4 rings (SSSR count). The van der Waals surface area contributed by atoms with Crippen molar-refractivity contribution in [2.45, 2.75) is 6.61 Å². The summed E-state index contributed by atoms with van der Waals surface area (Å²) in [4.78, 5) is 12.5. The fourth-order valence-electron chi connectivity index (χ4n) is 3.22. The number of benzene rings is 3. The quantitative estimate of drug-likeness (QED) is 0.266. The number of aromatic nitrogens is 1. The Kier molecular flexibility index (Phi) is 6.29. The van der Waals surface area contributed by atoms with Crippen LogP contribution < -0.4 is 9.47 Å². The molecule has 0 aliphatic carbocycles. The Morgan fingerprint density at radius 2 is 1.61 bits per heavy atom. The first-order chi connectivity index (χ1) is 15.2. The lowest BCUT2D eigenvalue weighted by Gasteiger charge is -2.11. The maximum atomic E-state index is 12.5. The van der Waals surface area contributed by atoms with Crippen LogP contribution in [0, 0.1) is 0 Å². The molecule has 31 heavy (non-hydrogen) atoms. The SMILES string of the molecule is COc1cc(/C=C/C(=O)c2ccc(-n3cccc3)cc2)ccc1OCc1ccccc1. The molecule has 0 saturated carbocycles. The molecule has 0 atom stereocenters. The minimum Gasteiger partial charge on any atom is -0.493 e. The highest BCUT2D eigenvalue weighted by Crippen LogP contribution is 2.29. The van der Waals surface area contributed by atoms with Gasteiger partial charge >= 0.3 is 0 Å². The normalized spacial score (nSPS) is 10.9. The van der Waals surface area contributed by atoms with Crippen molar-refractivity contribution < 1.29 is 14.3 Å². The largest absolute Gasteiger partial charge is 0.493 e. The number of nitrogens with zero attached hydrogens (tertiary/aromatic N) is 1. The Bertz CT molecular complexity index is 1160. The highest BCUT2D eigenvalue weighted by molar-refractivity contribution is 6.06. The Hall–Kier alpha value is -4.05. The lowest BCUT2D eigenvalue weighted by molar-refractivity contribution is 0.104. The molecule has 0 amide bonds. The number of ether oxygens (including phenoxy) is 2. The highest BCUT2D eigenvalue weighted by atomic mass is 16.5.